The number of benzene rings is 1. The summed E-state index contributed by atoms with van der Waals surface area (Å²) in [5.41, 5.74) is 0.986. The number of aliphatic hydroxyl groups is 1. The summed E-state index contributed by atoms with van der Waals surface area (Å²) < 4.78 is 4.86. The summed E-state index contributed by atoms with van der Waals surface area (Å²) in [6.07, 6.45) is 0. The first-order valence-electron chi connectivity index (χ1n) is 4.80. The zero-order valence-electron chi connectivity index (χ0n) is 8.95. The van der Waals surface area contributed by atoms with E-state index in [2.05, 4.69) is 10.1 Å². The monoisotopic (exact) mass is 235 g/mol. The average molecular weight is 235 g/mol. The number of nitro groups is 1. The highest BCUT2D eigenvalue weighted by atomic mass is 16.6. The number of aryl methyl sites for hydroxylation is 1. The van der Waals surface area contributed by atoms with Crippen molar-refractivity contribution in [3.8, 4) is 11.5 Å². The van der Waals surface area contributed by atoms with Crippen molar-refractivity contribution in [1.29, 1.82) is 0 Å². The molecule has 0 bridgehead atoms. The molecule has 1 aromatic carbocycles. The van der Waals surface area contributed by atoms with Gasteiger partial charge in [0.2, 0.25) is 0 Å². The van der Waals surface area contributed by atoms with Gasteiger partial charge in [-0.15, -0.1) is 0 Å². The first-order valence-corrected chi connectivity index (χ1v) is 4.80. The molecule has 0 fully saturated rings. The molecule has 0 aliphatic heterocycles. The third-order valence-corrected chi connectivity index (χ3v) is 2.19. The molecule has 0 atom stereocenters. The third-order valence-electron chi connectivity index (χ3n) is 2.19. The zero-order valence-corrected chi connectivity index (χ0v) is 8.95. The highest BCUT2D eigenvalue weighted by Gasteiger charge is 2.20. The van der Waals surface area contributed by atoms with Gasteiger partial charge in [0.15, 0.2) is 5.82 Å². The Bertz CT molecular complexity index is 564. The van der Waals surface area contributed by atoms with Crippen LogP contribution in [0.3, 0.4) is 0 Å². The molecule has 0 aliphatic rings. The fourth-order valence-electron chi connectivity index (χ4n) is 1.41. The van der Waals surface area contributed by atoms with Crippen LogP contribution in [0.15, 0.2) is 22.7 Å². The summed E-state index contributed by atoms with van der Waals surface area (Å²) in [6.45, 7) is 1.43. The minimum Gasteiger partial charge on any atom is -0.388 e. The first-order chi connectivity index (χ1) is 8.11. The van der Waals surface area contributed by atoms with Crippen molar-refractivity contribution in [2.45, 2.75) is 13.5 Å². The predicted octanol–water partition coefficient (Wildman–Crippen LogP) is 1.45. The largest absolute Gasteiger partial charge is 0.388 e. The number of aliphatic hydroxyl groups excluding tert-OH is 1. The quantitative estimate of drug-likeness (QED) is 0.637. The van der Waals surface area contributed by atoms with Crippen LogP contribution in [0, 0.1) is 17.0 Å². The van der Waals surface area contributed by atoms with E-state index in [1.807, 2.05) is 0 Å². The molecule has 17 heavy (non-hydrogen) atoms. The zero-order chi connectivity index (χ0) is 12.4. The molecule has 88 valence electrons. The van der Waals surface area contributed by atoms with E-state index in [1.54, 1.807) is 19.1 Å². The Morgan fingerprint density at radius 3 is 2.88 bits per heavy atom. The summed E-state index contributed by atoms with van der Waals surface area (Å²) in [5, 5.41) is 23.1. The van der Waals surface area contributed by atoms with Crippen molar-refractivity contribution >= 4 is 5.69 Å². The Hall–Kier alpha value is -2.28. The van der Waals surface area contributed by atoms with Crippen molar-refractivity contribution < 1.29 is 14.6 Å². The molecular formula is C10H9N3O4. The van der Waals surface area contributed by atoms with Crippen molar-refractivity contribution in [1.82, 2.24) is 10.1 Å². The Balaban J connectivity index is 2.56. The highest BCUT2D eigenvalue weighted by molar-refractivity contribution is 5.67. The molecule has 1 N–H and O–H groups in total. The van der Waals surface area contributed by atoms with Gasteiger partial charge in [-0.05, 0) is 18.6 Å². The summed E-state index contributed by atoms with van der Waals surface area (Å²) >= 11 is 0. The second-order valence-electron chi connectivity index (χ2n) is 3.45. The highest BCUT2D eigenvalue weighted by Crippen LogP contribution is 2.29. The Labute approximate surface area is 95.9 Å². The van der Waals surface area contributed by atoms with Crippen LogP contribution in [0.25, 0.3) is 11.5 Å². The second-order valence-corrected chi connectivity index (χ2v) is 3.45. The summed E-state index contributed by atoms with van der Waals surface area (Å²) in [6, 6.07) is 4.60. The number of aromatic nitrogens is 2. The van der Waals surface area contributed by atoms with E-state index >= 15 is 0 Å². The lowest BCUT2D eigenvalue weighted by atomic mass is 10.1. The van der Waals surface area contributed by atoms with Crippen molar-refractivity contribution in [2.24, 2.45) is 0 Å². The second kappa shape index (κ2) is 4.30. The molecule has 7 nitrogen and oxygen atoms in total. The van der Waals surface area contributed by atoms with Gasteiger partial charge < -0.3 is 9.63 Å². The van der Waals surface area contributed by atoms with Gasteiger partial charge in [0, 0.05) is 6.07 Å². The summed E-state index contributed by atoms with van der Waals surface area (Å²) in [7, 11) is 0. The normalized spacial score (nSPS) is 10.5. The van der Waals surface area contributed by atoms with E-state index in [4.69, 9.17) is 9.63 Å². The molecule has 0 saturated heterocycles. The van der Waals surface area contributed by atoms with Crippen LogP contribution in [0.4, 0.5) is 5.69 Å². The van der Waals surface area contributed by atoms with Crippen LogP contribution < -0.4 is 0 Å². The molecule has 0 aliphatic carbocycles. The van der Waals surface area contributed by atoms with E-state index in [1.165, 1.54) is 6.07 Å². The van der Waals surface area contributed by atoms with Gasteiger partial charge in [0.25, 0.3) is 11.6 Å². The number of nitro benzene ring substituents is 1. The van der Waals surface area contributed by atoms with Crippen LogP contribution in [-0.2, 0) is 6.61 Å². The smallest absolute Gasteiger partial charge is 0.282 e. The molecule has 1 aromatic heterocycles. The van der Waals surface area contributed by atoms with Gasteiger partial charge >= 0.3 is 0 Å². The number of hydrogen-bond donors (Lipinski definition) is 1. The number of rotatable bonds is 3. The maximum atomic E-state index is 10.8. The van der Waals surface area contributed by atoms with Crippen LogP contribution >= 0.6 is 0 Å². The van der Waals surface area contributed by atoms with E-state index in [-0.39, 0.29) is 29.6 Å². The number of hydrogen-bond acceptors (Lipinski definition) is 6. The topological polar surface area (TPSA) is 102 Å². The maximum absolute atomic E-state index is 10.8. The minimum absolute atomic E-state index is 0.0319. The van der Waals surface area contributed by atoms with Crippen LogP contribution in [-0.4, -0.2) is 20.2 Å². The lowest BCUT2D eigenvalue weighted by Crippen LogP contribution is -1.93. The van der Waals surface area contributed by atoms with Crippen LogP contribution in [0.5, 0.6) is 0 Å². The summed E-state index contributed by atoms with van der Waals surface area (Å²) in [4.78, 5) is 14.2. The van der Waals surface area contributed by atoms with Gasteiger partial charge in [-0.1, -0.05) is 11.2 Å². The van der Waals surface area contributed by atoms with Crippen molar-refractivity contribution in [2.75, 3.05) is 0 Å². The predicted molar refractivity (Wildman–Crippen MR) is 57.0 cm³/mol. The summed E-state index contributed by atoms with van der Waals surface area (Å²) in [5.74, 6) is 0.125. The van der Waals surface area contributed by atoms with Gasteiger partial charge in [0.1, 0.15) is 12.2 Å². The minimum atomic E-state index is -0.516. The Morgan fingerprint density at radius 2 is 2.29 bits per heavy atom. The number of nitrogens with zero attached hydrogens (tertiary/aromatic N) is 3. The molecule has 0 unspecified atom stereocenters. The maximum Gasteiger partial charge on any atom is 0.282 e. The Morgan fingerprint density at radius 1 is 1.53 bits per heavy atom. The molecule has 2 rings (SSSR count). The van der Waals surface area contributed by atoms with Gasteiger partial charge in [-0.25, -0.2) is 0 Å². The fourth-order valence-corrected chi connectivity index (χ4v) is 1.41. The molecule has 7 heteroatoms. The SMILES string of the molecule is Cc1ccc([N+](=O)[O-])c(-c2nc(CO)no2)c1. The molecule has 0 saturated carbocycles. The molecule has 0 spiro atoms. The average Bonchev–Trinajstić information content (AvgIpc) is 2.76. The van der Waals surface area contributed by atoms with Crippen LogP contribution in [0.2, 0.25) is 0 Å². The lowest BCUT2D eigenvalue weighted by Gasteiger charge is -1.99. The first kappa shape index (κ1) is 11.2. The lowest BCUT2D eigenvalue weighted by molar-refractivity contribution is -0.384. The van der Waals surface area contributed by atoms with E-state index < -0.39 is 4.92 Å². The van der Waals surface area contributed by atoms with Gasteiger partial charge in [-0.3, -0.25) is 10.1 Å². The molecular weight excluding hydrogens is 226 g/mol. The Kier molecular flexibility index (Phi) is 2.84. The molecule has 2 aromatic rings. The van der Waals surface area contributed by atoms with E-state index in [9.17, 15) is 10.1 Å². The van der Waals surface area contributed by atoms with E-state index in [0.29, 0.717) is 0 Å². The molecule has 1 heterocycles. The van der Waals surface area contributed by atoms with Crippen molar-refractivity contribution in [3.63, 3.8) is 0 Å². The van der Waals surface area contributed by atoms with Gasteiger partial charge in [0.05, 0.1) is 4.92 Å². The van der Waals surface area contributed by atoms with Crippen molar-refractivity contribution in [3.05, 3.63) is 39.7 Å². The molecule has 0 radical (unpaired) electrons. The van der Waals surface area contributed by atoms with Crippen LogP contribution in [0.1, 0.15) is 11.4 Å². The van der Waals surface area contributed by atoms with Gasteiger partial charge in [-0.2, -0.15) is 4.98 Å². The molecule has 0 amide bonds. The standard InChI is InChI=1S/C10H9N3O4/c1-6-2-3-8(13(15)16)7(4-6)10-11-9(5-14)12-17-10/h2-4,14H,5H2,1H3. The third kappa shape index (κ3) is 2.13. The van der Waals surface area contributed by atoms with E-state index in [0.717, 1.165) is 5.56 Å². The fraction of sp³-hybridized carbons (Fsp3) is 0.200.